The van der Waals surface area contributed by atoms with Gasteiger partial charge in [-0.3, -0.25) is 0 Å². The molecule has 0 radical (unpaired) electrons. The van der Waals surface area contributed by atoms with Gasteiger partial charge >= 0.3 is 7.12 Å². The Bertz CT molecular complexity index is 744. The topological polar surface area (TPSA) is 27.7 Å². The summed E-state index contributed by atoms with van der Waals surface area (Å²) in [5.74, 6) is 1.19. The number of ether oxygens (including phenoxy) is 1. The molecule has 0 spiro atoms. The van der Waals surface area contributed by atoms with Crippen molar-refractivity contribution in [1.29, 1.82) is 0 Å². The lowest BCUT2D eigenvalue weighted by atomic mass is 9.79. The van der Waals surface area contributed by atoms with Crippen LogP contribution >= 0.6 is 0 Å². The molecule has 0 N–H and O–H groups in total. The smallest absolute Gasteiger partial charge is 0.403 e. The van der Waals surface area contributed by atoms with Crippen LogP contribution in [0.15, 0.2) is 60.7 Å². The minimum absolute atomic E-state index is 0.175. The molecular formula is C23H29BO3. The highest BCUT2D eigenvalue weighted by molar-refractivity contribution is 6.49. The van der Waals surface area contributed by atoms with Gasteiger partial charge < -0.3 is 14.0 Å². The normalized spacial score (nSPS) is 28.3. The van der Waals surface area contributed by atoms with E-state index in [1.54, 1.807) is 0 Å². The van der Waals surface area contributed by atoms with Crippen molar-refractivity contribution in [2.45, 2.75) is 57.2 Å². The van der Waals surface area contributed by atoms with Gasteiger partial charge in [0, 0.05) is 5.82 Å². The standard InChI is InChI=1S/C23H29BO3/c1-22(2)23(3,4)27-24(26-22)21-19(20(21)18-13-9-6-10-14-18)16-25-15-17-11-7-5-8-12-17/h5-14,19-21H,15-16H2,1-4H3/t19-,20-,21+/m0/s1. The van der Waals surface area contributed by atoms with E-state index in [1.165, 1.54) is 11.1 Å². The predicted molar refractivity (Wildman–Crippen MR) is 109 cm³/mol. The molecule has 1 heterocycles. The molecule has 1 aliphatic carbocycles. The Labute approximate surface area is 163 Å². The zero-order valence-corrected chi connectivity index (χ0v) is 16.7. The summed E-state index contributed by atoms with van der Waals surface area (Å²) in [5.41, 5.74) is 1.97. The van der Waals surface area contributed by atoms with Crippen molar-refractivity contribution >= 4 is 7.12 Å². The fourth-order valence-corrected chi connectivity index (χ4v) is 4.06. The van der Waals surface area contributed by atoms with Gasteiger partial charge in [0.15, 0.2) is 0 Å². The molecular weight excluding hydrogens is 335 g/mol. The molecule has 3 nitrogen and oxygen atoms in total. The molecule has 0 amide bonds. The van der Waals surface area contributed by atoms with Crippen LogP contribution in [0.4, 0.5) is 0 Å². The molecule has 0 bridgehead atoms. The van der Waals surface area contributed by atoms with Crippen molar-refractivity contribution in [3.05, 3.63) is 71.8 Å². The van der Waals surface area contributed by atoms with Crippen LogP contribution in [-0.2, 0) is 20.7 Å². The van der Waals surface area contributed by atoms with Gasteiger partial charge in [0.1, 0.15) is 0 Å². The molecule has 3 atom stereocenters. The van der Waals surface area contributed by atoms with E-state index < -0.39 is 0 Å². The minimum Gasteiger partial charge on any atom is -0.403 e. The fourth-order valence-electron chi connectivity index (χ4n) is 4.06. The lowest BCUT2D eigenvalue weighted by Gasteiger charge is -2.32. The van der Waals surface area contributed by atoms with Crippen LogP contribution in [0.5, 0.6) is 0 Å². The number of rotatable bonds is 6. The van der Waals surface area contributed by atoms with E-state index in [0.717, 1.165) is 6.61 Å². The second kappa shape index (κ2) is 7.08. The van der Waals surface area contributed by atoms with E-state index in [-0.39, 0.29) is 18.3 Å². The van der Waals surface area contributed by atoms with E-state index in [4.69, 9.17) is 14.0 Å². The van der Waals surface area contributed by atoms with Crippen molar-refractivity contribution in [3.8, 4) is 0 Å². The average molecular weight is 364 g/mol. The molecule has 1 saturated heterocycles. The Morgan fingerprint density at radius 2 is 1.41 bits per heavy atom. The van der Waals surface area contributed by atoms with Crippen LogP contribution in [0.25, 0.3) is 0 Å². The summed E-state index contributed by atoms with van der Waals surface area (Å²) in [6, 6.07) is 21.0. The third-order valence-corrected chi connectivity index (χ3v) is 6.42. The van der Waals surface area contributed by atoms with Gasteiger partial charge in [-0.25, -0.2) is 0 Å². The Kier molecular flexibility index (Phi) is 4.92. The van der Waals surface area contributed by atoms with E-state index in [0.29, 0.717) is 24.3 Å². The Balaban J connectivity index is 1.45. The average Bonchev–Trinajstić information content (AvgIpc) is 3.31. The molecule has 2 fully saturated rings. The molecule has 2 aliphatic rings. The third-order valence-electron chi connectivity index (χ3n) is 6.42. The lowest BCUT2D eigenvalue weighted by molar-refractivity contribution is 0.00578. The van der Waals surface area contributed by atoms with Crippen LogP contribution in [-0.4, -0.2) is 24.9 Å². The molecule has 27 heavy (non-hydrogen) atoms. The molecule has 142 valence electrons. The maximum atomic E-state index is 6.36. The van der Waals surface area contributed by atoms with Crippen molar-refractivity contribution in [3.63, 3.8) is 0 Å². The van der Waals surface area contributed by atoms with Gasteiger partial charge in [-0.05, 0) is 50.7 Å². The van der Waals surface area contributed by atoms with E-state index in [2.05, 4.69) is 82.3 Å². The van der Waals surface area contributed by atoms with Gasteiger partial charge in [0.25, 0.3) is 0 Å². The first kappa shape index (κ1) is 18.7. The SMILES string of the molecule is CC1(C)OB([C@@H]2[C@@H](COCc3ccccc3)[C@@H]2c2ccccc2)OC1(C)C. The fraction of sp³-hybridized carbons (Fsp3) is 0.478. The van der Waals surface area contributed by atoms with Crippen LogP contribution in [0.2, 0.25) is 5.82 Å². The van der Waals surface area contributed by atoms with Gasteiger partial charge in [-0.1, -0.05) is 60.7 Å². The van der Waals surface area contributed by atoms with Gasteiger partial charge in [0.2, 0.25) is 0 Å². The molecule has 0 unspecified atom stereocenters. The quantitative estimate of drug-likeness (QED) is 0.669. The highest BCUT2D eigenvalue weighted by Gasteiger charge is 2.65. The van der Waals surface area contributed by atoms with E-state index in [9.17, 15) is 0 Å². The number of hydrogen-bond acceptors (Lipinski definition) is 3. The summed E-state index contributed by atoms with van der Waals surface area (Å²) in [5, 5.41) is 0. The van der Waals surface area contributed by atoms with Crippen LogP contribution < -0.4 is 0 Å². The third kappa shape index (κ3) is 3.71. The number of hydrogen-bond donors (Lipinski definition) is 0. The molecule has 4 heteroatoms. The van der Waals surface area contributed by atoms with Crippen LogP contribution in [0, 0.1) is 5.92 Å². The minimum atomic E-state index is -0.295. The van der Waals surface area contributed by atoms with Gasteiger partial charge in [0.05, 0.1) is 24.4 Å². The summed E-state index contributed by atoms with van der Waals surface area (Å²) < 4.78 is 18.8. The second-order valence-corrected chi connectivity index (χ2v) is 8.80. The summed E-state index contributed by atoms with van der Waals surface area (Å²) in [7, 11) is -0.175. The van der Waals surface area contributed by atoms with Crippen molar-refractivity contribution < 1.29 is 14.0 Å². The zero-order valence-electron chi connectivity index (χ0n) is 16.7. The van der Waals surface area contributed by atoms with E-state index >= 15 is 0 Å². The first-order valence-corrected chi connectivity index (χ1v) is 9.91. The first-order chi connectivity index (χ1) is 12.9. The number of benzene rings is 2. The summed E-state index contributed by atoms with van der Waals surface area (Å²) in [6.45, 7) is 9.85. The Hall–Kier alpha value is -1.62. The van der Waals surface area contributed by atoms with Crippen molar-refractivity contribution in [2.24, 2.45) is 5.92 Å². The highest BCUT2D eigenvalue weighted by Crippen LogP contribution is 2.63. The second-order valence-electron chi connectivity index (χ2n) is 8.80. The molecule has 0 aromatic heterocycles. The molecule has 1 aliphatic heterocycles. The maximum absolute atomic E-state index is 6.36. The van der Waals surface area contributed by atoms with Crippen LogP contribution in [0.1, 0.15) is 44.7 Å². The highest BCUT2D eigenvalue weighted by atomic mass is 16.7. The maximum Gasteiger partial charge on any atom is 0.462 e. The van der Waals surface area contributed by atoms with Gasteiger partial charge in [-0.15, -0.1) is 0 Å². The summed E-state index contributed by atoms with van der Waals surface area (Å²) in [6.07, 6.45) is 0. The molecule has 1 saturated carbocycles. The summed E-state index contributed by atoms with van der Waals surface area (Å²) in [4.78, 5) is 0. The van der Waals surface area contributed by atoms with E-state index in [1.807, 2.05) is 6.07 Å². The van der Waals surface area contributed by atoms with Crippen LogP contribution in [0.3, 0.4) is 0 Å². The van der Waals surface area contributed by atoms with Crippen molar-refractivity contribution in [1.82, 2.24) is 0 Å². The first-order valence-electron chi connectivity index (χ1n) is 9.91. The predicted octanol–water partition coefficient (Wildman–Crippen LogP) is 5.08. The Morgan fingerprint density at radius 1 is 0.852 bits per heavy atom. The molecule has 2 aromatic carbocycles. The largest absolute Gasteiger partial charge is 0.462 e. The lowest BCUT2D eigenvalue weighted by Crippen LogP contribution is -2.41. The zero-order chi connectivity index (χ0) is 19.1. The van der Waals surface area contributed by atoms with Crippen molar-refractivity contribution in [2.75, 3.05) is 6.61 Å². The molecule has 2 aromatic rings. The monoisotopic (exact) mass is 364 g/mol. The Morgan fingerprint density at radius 3 is 2.00 bits per heavy atom. The molecule has 4 rings (SSSR count). The van der Waals surface area contributed by atoms with Gasteiger partial charge in [-0.2, -0.15) is 0 Å². The summed E-state index contributed by atoms with van der Waals surface area (Å²) >= 11 is 0.